The van der Waals surface area contributed by atoms with Crippen LogP contribution in [0.4, 0.5) is 5.69 Å². The van der Waals surface area contributed by atoms with Gasteiger partial charge in [-0.2, -0.15) is 0 Å². The first-order valence-corrected chi connectivity index (χ1v) is 9.06. The molecule has 138 valence electrons. The van der Waals surface area contributed by atoms with Gasteiger partial charge in [-0.05, 0) is 30.3 Å². The zero-order chi connectivity index (χ0) is 19.1. The summed E-state index contributed by atoms with van der Waals surface area (Å²) < 4.78 is 11.4. The lowest BCUT2D eigenvalue weighted by atomic mass is 10.1. The molecule has 0 aliphatic carbocycles. The van der Waals surface area contributed by atoms with Crippen molar-refractivity contribution in [2.24, 2.45) is 0 Å². The van der Waals surface area contributed by atoms with Crippen LogP contribution in [-0.2, 0) is 11.3 Å². The summed E-state index contributed by atoms with van der Waals surface area (Å²) in [4.78, 5) is 14.2. The second-order valence-electron chi connectivity index (χ2n) is 5.81. The lowest BCUT2D eigenvalue weighted by Gasteiger charge is -2.25. The summed E-state index contributed by atoms with van der Waals surface area (Å²) in [5.74, 6) is 1.64. The molecule has 0 heterocycles. The van der Waals surface area contributed by atoms with Crippen molar-refractivity contribution in [1.82, 2.24) is 0 Å². The van der Waals surface area contributed by atoms with Gasteiger partial charge in [-0.25, -0.2) is 0 Å². The zero-order valence-electron chi connectivity index (χ0n) is 15.0. The molecule has 0 atom stereocenters. The van der Waals surface area contributed by atoms with Crippen LogP contribution in [-0.4, -0.2) is 18.9 Å². The Labute approximate surface area is 163 Å². The molecule has 0 aliphatic rings. The molecule has 3 rings (SSSR count). The van der Waals surface area contributed by atoms with Crippen molar-refractivity contribution in [1.29, 1.82) is 0 Å². The maximum atomic E-state index is 12.6. The van der Waals surface area contributed by atoms with Gasteiger partial charge in [-0.1, -0.05) is 48.5 Å². The van der Waals surface area contributed by atoms with E-state index in [9.17, 15) is 4.79 Å². The van der Waals surface area contributed by atoms with Crippen molar-refractivity contribution in [3.63, 3.8) is 0 Å². The van der Waals surface area contributed by atoms with Gasteiger partial charge in [0.25, 0.3) is 0 Å². The minimum absolute atomic E-state index is 0.130. The summed E-state index contributed by atoms with van der Waals surface area (Å²) in [7, 11) is 1.61. The second-order valence-corrected chi connectivity index (χ2v) is 6.08. The number of ether oxygens (including phenoxy) is 2. The molecule has 0 spiro atoms. The van der Waals surface area contributed by atoms with Crippen LogP contribution < -0.4 is 14.4 Å². The fraction of sp³-hybridized carbons (Fsp3) is 0.136. The number of para-hydroxylation sites is 4. The predicted molar refractivity (Wildman–Crippen MR) is 108 cm³/mol. The number of nitrogens with zero attached hydrogens (tertiary/aromatic N) is 1. The Balaban J connectivity index is 1.97. The van der Waals surface area contributed by atoms with E-state index in [1.54, 1.807) is 12.0 Å². The molecule has 0 saturated heterocycles. The molecular formula is C22H20ClNO3. The number of amides is 1. The maximum absolute atomic E-state index is 12.6. The Morgan fingerprint density at radius 2 is 1.52 bits per heavy atom. The van der Waals surface area contributed by atoms with Crippen LogP contribution in [0, 0.1) is 0 Å². The van der Waals surface area contributed by atoms with E-state index in [-0.39, 0.29) is 11.8 Å². The molecule has 0 radical (unpaired) electrons. The van der Waals surface area contributed by atoms with E-state index in [1.807, 2.05) is 78.9 Å². The van der Waals surface area contributed by atoms with Gasteiger partial charge in [0.15, 0.2) is 5.75 Å². The average molecular weight is 382 g/mol. The highest BCUT2D eigenvalue weighted by molar-refractivity contribution is 6.29. The van der Waals surface area contributed by atoms with Crippen LogP contribution in [0.1, 0.15) is 5.56 Å². The summed E-state index contributed by atoms with van der Waals surface area (Å²) in [5, 5.41) is 0. The van der Waals surface area contributed by atoms with Crippen molar-refractivity contribution in [3.05, 3.63) is 84.4 Å². The largest absolute Gasteiger partial charge is 0.496 e. The van der Waals surface area contributed by atoms with Crippen LogP contribution in [0.2, 0.25) is 0 Å². The molecule has 3 aromatic rings. The summed E-state index contributed by atoms with van der Waals surface area (Å²) >= 11 is 5.89. The van der Waals surface area contributed by atoms with Crippen molar-refractivity contribution in [2.75, 3.05) is 17.9 Å². The van der Waals surface area contributed by atoms with Crippen LogP contribution in [0.3, 0.4) is 0 Å². The van der Waals surface area contributed by atoms with E-state index in [2.05, 4.69) is 0 Å². The quantitative estimate of drug-likeness (QED) is 0.524. The van der Waals surface area contributed by atoms with Crippen LogP contribution in [0.15, 0.2) is 78.9 Å². The van der Waals surface area contributed by atoms with E-state index in [1.165, 1.54) is 0 Å². The number of hydrogen-bond donors (Lipinski definition) is 0. The van der Waals surface area contributed by atoms with Crippen LogP contribution >= 0.6 is 11.6 Å². The van der Waals surface area contributed by atoms with Gasteiger partial charge in [0.05, 0.1) is 19.3 Å². The molecule has 0 fully saturated rings. The topological polar surface area (TPSA) is 38.8 Å². The van der Waals surface area contributed by atoms with E-state index < -0.39 is 0 Å². The smallest absolute Gasteiger partial charge is 0.242 e. The molecule has 5 heteroatoms. The third-order valence-corrected chi connectivity index (χ3v) is 4.29. The zero-order valence-corrected chi connectivity index (χ0v) is 15.7. The molecule has 0 aromatic heterocycles. The molecule has 0 saturated carbocycles. The highest BCUT2D eigenvalue weighted by Crippen LogP contribution is 2.34. The van der Waals surface area contributed by atoms with E-state index in [0.717, 1.165) is 5.56 Å². The monoisotopic (exact) mass is 381 g/mol. The van der Waals surface area contributed by atoms with Gasteiger partial charge in [0.1, 0.15) is 17.4 Å². The number of carbonyl (C=O) groups excluding carboxylic acids is 1. The van der Waals surface area contributed by atoms with Crippen molar-refractivity contribution in [3.8, 4) is 17.2 Å². The number of alkyl halides is 1. The van der Waals surface area contributed by atoms with Gasteiger partial charge in [-0.15, -0.1) is 11.6 Å². The average Bonchev–Trinajstić information content (AvgIpc) is 2.73. The predicted octanol–water partition coefficient (Wildman–Crippen LogP) is 5.26. The van der Waals surface area contributed by atoms with Gasteiger partial charge < -0.3 is 14.4 Å². The Bertz CT molecular complexity index is 899. The van der Waals surface area contributed by atoms with E-state index in [4.69, 9.17) is 21.1 Å². The minimum atomic E-state index is -0.216. The first kappa shape index (κ1) is 18.8. The van der Waals surface area contributed by atoms with Crippen molar-refractivity contribution >= 4 is 23.2 Å². The molecule has 0 unspecified atom stereocenters. The standard InChI is InChI=1S/C22H20ClNO3/c1-26-20-13-7-5-9-17(20)16-24(22(25)15-23)19-12-6-8-14-21(19)27-18-10-3-2-4-11-18/h2-14H,15-16H2,1H3. The normalized spacial score (nSPS) is 10.3. The highest BCUT2D eigenvalue weighted by Gasteiger charge is 2.21. The third-order valence-electron chi connectivity index (χ3n) is 4.06. The summed E-state index contributed by atoms with van der Waals surface area (Å²) in [6.45, 7) is 0.324. The molecule has 4 nitrogen and oxygen atoms in total. The molecule has 3 aromatic carbocycles. The summed E-state index contributed by atoms with van der Waals surface area (Å²) in [6.07, 6.45) is 0. The Morgan fingerprint density at radius 1 is 0.889 bits per heavy atom. The molecule has 1 amide bonds. The maximum Gasteiger partial charge on any atom is 0.242 e. The number of benzene rings is 3. The van der Waals surface area contributed by atoms with Crippen LogP contribution in [0.5, 0.6) is 17.2 Å². The number of rotatable bonds is 7. The molecule has 0 aliphatic heterocycles. The van der Waals surface area contributed by atoms with Crippen LogP contribution in [0.25, 0.3) is 0 Å². The van der Waals surface area contributed by atoms with E-state index in [0.29, 0.717) is 29.5 Å². The SMILES string of the molecule is COc1ccccc1CN(C(=O)CCl)c1ccccc1Oc1ccccc1. The molecule has 27 heavy (non-hydrogen) atoms. The van der Waals surface area contributed by atoms with Crippen molar-refractivity contribution < 1.29 is 14.3 Å². The fourth-order valence-corrected chi connectivity index (χ4v) is 2.91. The van der Waals surface area contributed by atoms with Gasteiger partial charge in [-0.3, -0.25) is 4.79 Å². The highest BCUT2D eigenvalue weighted by atomic mass is 35.5. The second kappa shape index (κ2) is 9.10. The van der Waals surface area contributed by atoms with Gasteiger partial charge in [0.2, 0.25) is 5.91 Å². The van der Waals surface area contributed by atoms with Gasteiger partial charge in [0, 0.05) is 5.56 Å². The first-order valence-electron chi connectivity index (χ1n) is 8.53. The Morgan fingerprint density at radius 3 is 2.22 bits per heavy atom. The molecular weight excluding hydrogens is 362 g/mol. The Hall–Kier alpha value is -2.98. The van der Waals surface area contributed by atoms with Gasteiger partial charge >= 0.3 is 0 Å². The lowest BCUT2D eigenvalue weighted by molar-refractivity contribution is -0.116. The number of anilines is 1. The van der Waals surface area contributed by atoms with Crippen molar-refractivity contribution in [2.45, 2.75) is 6.54 Å². The first-order chi connectivity index (χ1) is 13.2. The number of methoxy groups -OCH3 is 1. The third kappa shape index (κ3) is 4.60. The Kier molecular flexibility index (Phi) is 6.34. The fourth-order valence-electron chi connectivity index (χ4n) is 2.77. The minimum Gasteiger partial charge on any atom is -0.496 e. The summed E-state index contributed by atoms with van der Waals surface area (Å²) in [6, 6.07) is 24.5. The number of carbonyl (C=O) groups is 1. The number of hydrogen-bond acceptors (Lipinski definition) is 3. The number of halogens is 1. The molecule has 0 N–H and O–H groups in total. The lowest BCUT2D eigenvalue weighted by Crippen LogP contribution is -2.31. The summed E-state index contributed by atoms with van der Waals surface area (Å²) in [5.41, 5.74) is 1.53. The van der Waals surface area contributed by atoms with E-state index >= 15 is 0 Å². The molecule has 0 bridgehead atoms.